The molecule has 19 heavy (non-hydrogen) atoms. The molecular weight excluding hydrogens is 244 g/mol. The van der Waals surface area contributed by atoms with Crippen LogP contribution in [0.15, 0.2) is 18.2 Å². The topological polar surface area (TPSA) is 72.2 Å². The van der Waals surface area contributed by atoms with Crippen molar-refractivity contribution in [3.8, 4) is 0 Å². The van der Waals surface area contributed by atoms with E-state index in [4.69, 9.17) is 0 Å². The molecule has 0 unspecified atom stereocenters. The number of hydrogen-bond acceptors (Lipinski definition) is 4. The zero-order valence-electron chi connectivity index (χ0n) is 11.0. The van der Waals surface area contributed by atoms with Crippen molar-refractivity contribution >= 4 is 17.7 Å². The summed E-state index contributed by atoms with van der Waals surface area (Å²) < 4.78 is 0. The maximum absolute atomic E-state index is 11.1. The molecule has 5 nitrogen and oxygen atoms in total. The fourth-order valence-corrected chi connectivity index (χ4v) is 2.63. The quantitative estimate of drug-likeness (QED) is 0.513. The number of nitro groups is 1. The highest BCUT2D eigenvalue weighted by atomic mass is 16.6. The number of benzene rings is 1. The molecule has 1 aliphatic carbocycles. The summed E-state index contributed by atoms with van der Waals surface area (Å²) in [5.41, 5.74) is 0.811. The first-order chi connectivity index (χ1) is 9.11. The number of nitrogens with zero attached hydrogens (tertiary/aromatic N) is 1. The molecule has 102 valence electrons. The lowest BCUT2D eigenvalue weighted by Gasteiger charge is -2.30. The molecule has 1 aromatic carbocycles. The van der Waals surface area contributed by atoms with Crippen LogP contribution in [-0.4, -0.2) is 17.3 Å². The molecule has 0 aromatic heterocycles. The first-order valence-electron chi connectivity index (χ1n) is 6.62. The Morgan fingerprint density at radius 3 is 2.74 bits per heavy atom. The fourth-order valence-electron chi connectivity index (χ4n) is 2.63. The van der Waals surface area contributed by atoms with Gasteiger partial charge in [0.1, 0.15) is 12.0 Å². The van der Waals surface area contributed by atoms with E-state index in [-0.39, 0.29) is 11.7 Å². The van der Waals surface area contributed by atoms with Gasteiger partial charge in [-0.3, -0.25) is 14.9 Å². The normalized spacial score (nSPS) is 22.8. The molecule has 0 amide bonds. The molecule has 2 atom stereocenters. The van der Waals surface area contributed by atoms with Gasteiger partial charge in [0.05, 0.1) is 4.92 Å². The second-order valence-electron chi connectivity index (χ2n) is 5.16. The molecule has 0 saturated heterocycles. The monoisotopic (exact) mass is 262 g/mol. The molecule has 2 rings (SSSR count). The lowest BCUT2D eigenvalue weighted by atomic mass is 9.86. The van der Waals surface area contributed by atoms with Crippen molar-refractivity contribution in [1.82, 2.24) is 0 Å². The zero-order chi connectivity index (χ0) is 13.8. The first kappa shape index (κ1) is 13.5. The average molecular weight is 262 g/mol. The molecule has 0 aliphatic heterocycles. The van der Waals surface area contributed by atoms with Crippen LogP contribution in [0.3, 0.4) is 0 Å². The zero-order valence-corrected chi connectivity index (χ0v) is 11.0. The van der Waals surface area contributed by atoms with Crippen molar-refractivity contribution in [3.05, 3.63) is 33.9 Å². The highest BCUT2D eigenvalue weighted by molar-refractivity contribution is 5.79. The summed E-state index contributed by atoms with van der Waals surface area (Å²) in [7, 11) is 0. The van der Waals surface area contributed by atoms with Crippen molar-refractivity contribution < 1.29 is 9.72 Å². The summed E-state index contributed by atoms with van der Waals surface area (Å²) >= 11 is 0. The van der Waals surface area contributed by atoms with Gasteiger partial charge < -0.3 is 5.32 Å². The van der Waals surface area contributed by atoms with Gasteiger partial charge in [-0.15, -0.1) is 0 Å². The molecule has 1 fully saturated rings. The van der Waals surface area contributed by atoms with E-state index in [1.54, 1.807) is 12.1 Å². The Labute approximate surface area is 112 Å². The average Bonchev–Trinajstić information content (AvgIpc) is 2.41. The Hall–Kier alpha value is -1.91. The standard InChI is InChI=1S/C14H18N2O3/c1-10-4-2-3-5-12(10)15-13-7-6-11(9-17)8-14(13)16(18)19/h6-10,12,15H,2-5H2,1H3/t10-,12-/m0/s1. The maximum atomic E-state index is 11.1. The summed E-state index contributed by atoms with van der Waals surface area (Å²) in [5, 5.41) is 14.3. The minimum atomic E-state index is -0.442. The highest BCUT2D eigenvalue weighted by Gasteiger charge is 2.24. The van der Waals surface area contributed by atoms with E-state index in [0.29, 0.717) is 23.5 Å². The van der Waals surface area contributed by atoms with Gasteiger partial charge in [0, 0.05) is 17.7 Å². The van der Waals surface area contributed by atoms with Crippen molar-refractivity contribution in [1.29, 1.82) is 0 Å². The Kier molecular flexibility index (Phi) is 4.14. The third-order valence-corrected chi connectivity index (χ3v) is 3.81. The largest absolute Gasteiger partial charge is 0.376 e. The molecular formula is C14H18N2O3. The van der Waals surface area contributed by atoms with E-state index in [2.05, 4.69) is 12.2 Å². The summed E-state index contributed by atoms with van der Waals surface area (Å²) in [4.78, 5) is 21.3. The summed E-state index contributed by atoms with van der Waals surface area (Å²) in [6, 6.07) is 4.83. The van der Waals surface area contributed by atoms with Gasteiger partial charge in [-0.25, -0.2) is 0 Å². The van der Waals surface area contributed by atoms with Gasteiger partial charge in [-0.1, -0.05) is 19.8 Å². The predicted molar refractivity (Wildman–Crippen MR) is 73.5 cm³/mol. The van der Waals surface area contributed by atoms with E-state index >= 15 is 0 Å². The number of anilines is 1. The lowest BCUT2D eigenvalue weighted by Crippen LogP contribution is -2.30. The lowest BCUT2D eigenvalue weighted by molar-refractivity contribution is -0.384. The maximum Gasteiger partial charge on any atom is 0.293 e. The van der Waals surface area contributed by atoms with Crippen molar-refractivity contribution in [2.75, 3.05) is 5.32 Å². The number of nitrogens with one attached hydrogen (secondary N) is 1. The Morgan fingerprint density at radius 2 is 2.11 bits per heavy atom. The van der Waals surface area contributed by atoms with Crippen LogP contribution in [0.4, 0.5) is 11.4 Å². The van der Waals surface area contributed by atoms with Crippen LogP contribution in [0.2, 0.25) is 0 Å². The summed E-state index contributed by atoms with van der Waals surface area (Å²) in [6.45, 7) is 2.17. The summed E-state index contributed by atoms with van der Waals surface area (Å²) in [5.74, 6) is 0.513. The Morgan fingerprint density at radius 1 is 1.37 bits per heavy atom. The van der Waals surface area contributed by atoms with Crippen molar-refractivity contribution in [3.63, 3.8) is 0 Å². The molecule has 1 N–H and O–H groups in total. The SMILES string of the molecule is C[C@H]1CCCC[C@@H]1Nc1ccc(C=O)cc1[N+](=O)[O-]. The van der Waals surface area contributed by atoms with Gasteiger partial charge in [0.25, 0.3) is 5.69 Å². The van der Waals surface area contributed by atoms with Crippen LogP contribution in [0.1, 0.15) is 43.0 Å². The van der Waals surface area contributed by atoms with Crippen LogP contribution in [-0.2, 0) is 0 Å². The van der Waals surface area contributed by atoms with E-state index < -0.39 is 4.92 Å². The fraction of sp³-hybridized carbons (Fsp3) is 0.500. The molecule has 1 aromatic rings. The summed E-state index contributed by atoms with van der Waals surface area (Å²) in [6.07, 6.45) is 5.19. The number of carbonyl (C=O) groups excluding carboxylic acids is 1. The van der Waals surface area contributed by atoms with E-state index in [1.807, 2.05) is 0 Å². The van der Waals surface area contributed by atoms with E-state index in [1.165, 1.54) is 12.5 Å². The highest BCUT2D eigenvalue weighted by Crippen LogP contribution is 2.31. The minimum Gasteiger partial charge on any atom is -0.376 e. The Bertz CT molecular complexity index is 488. The minimum absolute atomic E-state index is 0.0256. The molecule has 5 heteroatoms. The van der Waals surface area contributed by atoms with Gasteiger partial charge in [-0.05, 0) is 30.9 Å². The van der Waals surface area contributed by atoms with E-state index in [0.717, 1.165) is 19.3 Å². The van der Waals surface area contributed by atoms with E-state index in [9.17, 15) is 14.9 Å². The molecule has 0 spiro atoms. The van der Waals surface area contributed by atoms with Crippen LogP contribution in [0.25, 0.3) is 0 Å². The molecule has 0 heterocycles. The van der Waals surface area contributed by atoms with Crippen LogP contribution in [0.5, 0.6) is 0 Å². The Balaban J connectivity index is 2.23. The number of nitro benzene ring substituents is 1. The van der Waals surface area contributed by atoms with Gasteiger partial charge in [-0.2, -0.15) is 0 Å². The third kappa shape index (κ3) is 3.10. The number of aldehydes is 1. The van der Waals surface area contributed by atoms with Crippen LogP contribution >= 0.6 is 0 Å². The third-order valence-electron chi connectivity index (χ3n) is 3.81. The molecule has 0 bridgehead atoms. The first-order valence-corrected chi connectivity index (χ1v) is 6.62. The van der Waals surface area contributed by atoms with Crippen LogP contribution < -0.4 is 5.32 Å². The number of rotatable bonds is 4. The molecule has 0 radical (unpaired) electrons. The van der Waals surface area contributed by atoms with Gasteiger partial charge >= 0.3 is 0 Å². The smallest absolute Gasteiger partial charge is 0.293 e. The molecule has 1 aliphatic rings. The van der Waals surface area contributed by atoms with Gasteiger partial charge in [0.2, 0.25) is 0 Å². The second kappa shape index (κ2) is 5.82. The van der Waals surface area contributed by atoms with Crippen molar-refractivity contribution in [2.24, 2.45) is 5.92 Å². The number of hydrogen-bond donors (Lipinski definition) is 1. The molecule has 1 saturated carbocycles. The van der Waals surface area contributed by atoms with Crippen LogP contribution in [0, 0.1) is 16.0 Å². The second-order valence-corrected chi connectivity index (χ2v) is 5.16. The van der Waals surface area contributed by atoms with Crippen molar-refractivity contribution in [2.45, 2.75) is 38.6 Å². The predicted octanol–water partition coefficient (Wildman–Crippen LogP) is 3.40. The van der Waals surface area contributed by atoms with Gasteiger partial charge in [0.15, 0.2) is 0 Å². The number of carbonyl (C=O) groups is 1.